The summed E-state index contributed by atoms with van der Waals surface area (Å²) in [5.41, 5.74) is 7.04. The summed E-state index contributed by atoms with van der Waals surface area (Å²) >= 11 is 1.67. The Morgan fingerprint density at radius 3 is 2.41 bits per heavy atom. The Balaban J connectivity index is 1.32. The molecule has 0 atom stereocenters. The molecule has 1 heterocycles. The molecular weight excluding hydrogens is 438 g/mol. The van der Waals surface area contributed by atoms with Gasteiger partial charge >= 0.3 is 0 Å². The fourth-order valence-electron chi connectivity index (χ4n) is 4.18. The molecule has 1 amide bonds. The van der Waals surface area contributed by atoms with E-state index in [4.69, 9.17) is 0 Å². The van der Waals surface area contributed by atoms with E-state index in [1.807, 2.05) is 30.5 Å². The maximum Gasteiger partial charge on any atom is 0.251 e. The van der Waals surface area contributed by atoms with Crippen molar-refractivity contribution in [1.82, 2.24) is 10.2 Å². The minimum atomic E-state index is -0.0378. The number of thioether (sulfide) groups is 1. The maximum absolute atomic E-state index is 12.5. The normalized spacial score (nSPS) is 13.9. The Hall–Kier alpha value is -3.02. The van der Waals surface area contributed by atoms with Crippen LogP contribution >= 0.6 is 11.8 Å². The van der Waals surface area contributed by atoms with E-state index in [-0.39, 0.29) is 5.91 Å². The highest BCUT2D eigenvalue weighted by Gasteiger charge is 2.14. The fourth-order valence-corrected chi connectivity index (χ4v) is 4.59. The summed E-state index contributed by atoms with van der Waals surface area (Å²) in [5, 5.41) is 3.05. The summed E-state index contributed by atoms with van der Waals surface area (Å²) in [6, 6.07) is 25.1. The van der Waals surface area contributed by atoms with Crippen LogP contribution in [0.15, 0.2) is 83.8 Å². The third-order valence-corrected chi connectivity index (χ3v) is 7.00. The van der Waals surface area contributed by atoms with E-state index in [9.17, 15) is 4.79 Å². The van der Waals surface area contributed by atoms with Crippen LogP contribution < -0.4 is 10.2 Å². The zero-order valence-corrected chi connectivity index (χ0v) is 21.1. The molecule has 0 bridgehead atoms. The summed E-state index contributed by atoms with van der Waals surface area (Å²) in [6.45, 7) is 3.51. The minimum Gasteiger partial charge on any atom is -0.378 e. The number of carbonyl (C=O) groups excluding carboxylic acids is 1. The molecule has 176 valence electrons. The van der Waals surface area contributed by atoms with Crippen LogP contribution in [0, 0.1) is 0 Å². The molecule has 1 aliphatic rings. The first-order valence-corrected chi connectivity index (χ1v) is 12.9. The van der Waals surface area contributed by atoms with Gasteiger partial charge in [-0.05, 0) is 77.4 Å². The van der Waals surface area contributed by atoms with E-state index in [0.717, 1.165) is 36.5 Å². The summed E-state index contributed by atoms with van der Waals surface area (Å²) in [7, 11) is 4.14. The van der Waals surface area contributed by atoms with Crippen LogP contribution in [0.2, 0.25) is 0 Å². The first-order chi connectivity index (χ1) is 16.5. The van der Waals surface area contributed by atoms with Gasteiger partial charge in [-0.2, -0.15) is 0 Å². The minimum absolute atomic E-state index is 0.0378. The number of nitrogens with zero attached hydrogens (tertiary/aromatic N) is 2. The van der Waals surface area contributed by atoms with Crippen molar-refractivity contribution in [1.29, 1.82) is 0 Å². The van der Waals surface area contributed by atoms with Crippen molar-refractivity contribution in [3.63, 3.8) is 0 Å². The van der Waals surface area contributed by atoms with Gasteiger partial charge in [0.25, 0.3) is 5.91 Å². The highest BCUT2D eigenvalue weighted by molar-refractivity contribution is 7.98. The van der Waals surface area contributed by atoms with Crippen LogP contribution in [0.3, 0.4) is 0 Å². The van der Waals surface area contributed by atoms with Crippen LogP contribution in [0.5, 0.6) is 0 Å². The van der Waals surface area contributed by atoms with Gasteiger partial charge in [0.2, 0.25) is 0 Å². The molecule has 0 unspecified atom stereocenters. The van der Waals surface area contributed by atoms with Crippen LogP contribution in [0.25, 0.3) is 5.57 Å². The Bertz CT molecular complexity index is 1140. The third kappa shape index (κ3) is 6.31. The Kier molecular flexibility index (Phi) is 8.09. The van der Waals surface area contributed by atoms with Gasteiger partial charge in [-0.1, -0.05) is 36.4 Å². The second kappa shape index (κ2) is 11.4. The van der Waals surface area contributed by atoms with Gasteiger partial charge in [0, 0.05) is 56.4 Å². The third-order valence-electron chi connectivity index (χ3n) is 6.26. The number of benzene rings is 3. The molecule has 0 radical (unpaired) electrons. The molecule has 0 aromatic heterocycles. The molecule has 3 aromatic rings. The number of amides is 1. The molecule has 0 aliphatic carbocycles. The Morgan fingerprint density at radius 1 is 1.00 bits per heavy atom. The molecular formula is C29H33N3OS. The Labute approximate surface area is 207 Å². The first-order valence-electron chi connectivity index (χ1n) is 11.7. The van der Waals surface area contributed by atoms with Gasteiger partial charge in [0.05, 0.1) is 0 Å². The van der Waals surface area contributed by atoms with Gasteiger partial charge in [-0.3, -0.25) is 9.69 Å². The lowest BCUT2D eigenvalue weighted by atomic mass is 9.97. The average molecular weight is 472 g/mol. The number of hydrogen-bond donors (Lipinski definition) is 1. The number of hydrogen-bond acceptors (Lipinski definition) is 4. The van der Waals surface area contributed by atoms with Crippen LogP contribution in [0.1, 0.15) is 33.5 Å². The van der Waals surface area contributed by atoms with Crippen molar-refractivity contribution in [2.45, 2.75) is 24.4 Å². The topological polar surface area (TPSA) is 35.6 Å². The van der Waals surface area contributed by atoms with Crippen LogP contribution in [0.4, 0.5) is 5.69 Å². The summed E-state index contributed by atoms with van der Waals surface area (Å²) in [5.74, 6) is -0.0378. The molecule has 0 spiro atoms. The molecule has 0 saturated heterocycles. The van der Waals surface area contributed by atoms with Crippen molar-refractivity contribution in [3.8, 4) is 0 Å². The molecule has 3 aromatic carbocycles. The molecule has 5 heteroatoms. The predicted octanol–water partition coefficient (Wildman–Crippen LogP) is 5.69. The van der Waals surface area contributed by atoms with Crippen molar-refractivity contribution >= 4 is 28.9 Å². The van der Waals surface area contributed by atoms with Crippen molar-refractivity contribution < 1.29 is 4.79 Å². The van der Waals surface area contributed by atoms with Gasteiger partial charge in [-0.15, -0.1) is 11.8 Å². The number of rotatable bonds is 8. The van der Waals surface area contributed by atoms with Crippen molar-refractivity contribution in [2.24, 2.45) is 0 Å². The summed E-state index contributed by atoms with van der Waals surface area (Å²) < 4.78 is 0. The van der Waals surface area contributed by atoms with Gasteiger partial charge in [0.1, 0.15) is 0 Å². The number of carbonyl (C=O) groups is 1. The monoisotopic (exact) mass is 471 g/mol. The molecule has 4 nitrogen and oxygen atoms in total. The standard InChI is InChI=1S/C29H33N3OS/c1-31(2)27-11-7-22(8-12-27)21-32-17-15-24(16-18-32)26-6-4-5-23(19-26)20-30-29(33)25-9-13-28(34-3)14-10-25/h4-15,19H,16-18,20-21H2,1-3H3,(H,30,33). The zero-order chi connectivity index (χ0) is 23.9. The molecule has 1 N–H and O–H groups in total. The van der Waals surface area contributed by atoms with E-state index in [1.165, 1.54) is 22.4 Å². The van der Waals surface area contributed by atoms with Crippen molar-refractivity contribution in [3.05, 3.63) is 101 Å². The van der Waals surface area contributed by atoms with Crippen LogP contribution in [-0.2, 0) is 13.1 Å². The maximum atomic E-state index is 12.5. The first kappa shape index (κ1) is 24.1. The highest BCUT2D eigenvalue weighted by Crippen LogP contribution is 2.24. The lowest BCUT2D eigenvalue weighted by Gasteiger charge is -2.27. The predicted molar refractivity (Wildman–Crippen MR) is 144 cm³/mol. The van der Waals surface area contributed by atoms with E-state index in [2.05, 4.69) is 83.8 Å². The lowest BCUT2D eigenvalue weighted by Crippen LogP contribution is -2.28. The molecule has 4 rings (SSSR count). The average Bonchev–Trinajstić information content (AvgIpc) is 2.88. The highest BCUT2D eigenvalue weighted by atomic mass is 32.2. The van der Waals surface area contributed by atoms with E-state index < -0.39 is 0 Å². The van der Waals surface area contributed by atoms with Crippen LogP contribution in [-0.4, -0.2) is 44.2 Å². The van der Waals surface area contributed by atoms with E-state index in [0.29, 0.717) is 12.1 Å². The zero-order valence-electron chi connectivity index (χ0n) is 20.3. The smallest absolute Gasteiger partial charge is 0.251 e. The number of nitrogens with one attached hydrogen (secondary N) is 1. The lowest BCUT2D eigenvalue weighted by molar-refractivity contribution is 0.0951. The van der Waals surface area contributed by atoms with Gasteiger partial charge in [-0.25, -0.2) is 0 Å². The Morgan fingerprint density at radius 2 is 1.76 bits per heavy atom. The fraction of sp³-hybridized carbons (Fsp3) is 0.276. The van der Waals surface area contributed by atoms with E-state index in [1.54, 1.807) is 11.8 Å². The SMILES string of the molecule is CSc1ccc(C(=O)NCc2cccc(C3=CCN(Cc4ccc(N(C)C)cc4)CC3)c2)cc1. The summed E-state index contributed by atoms with van der Waals surface area (Å²) in [4.78, 5) is 18.3. The molecule has 1 aliphatic heterocycles. The largest absolute Gasteiger partial charge is 0.378 e. The summed E-state index contributed by atoms with van der Waals surface area (Å²) in [6.07, 6.45) is 5.42. The van der Waals surface area contributed by atoms with E-state index >= 15 is 0 Å². The second-order valence-corrected chi connectivity index (χ2v) is 9.77. The molecule has 0 saturated carbocycles. The van der Waals surface area contributed by atoms with Crippen molar-refractivity contribution in [2.75, 3.05) is 38.3 Å². The number of anilines is 1. The molecule has 0 fully saturated rings. The van der Waals surface area contributed by atoms with Gasteiger partial charge in [0.15, 0.2) is 0 Å². The quantitative estimate of drug-likeness (QED) is 0.428. The second-order valence-electron chi connectivity index (χ2n) is 8.89. The van der Waals surface area contributed by atoms with Gasteiger partial charge < -0.3 is 10.2 Å². The molecule has 34 heavy (non-hydrogen) atoms.